The summed E-state index contributed by atoms with van der Waals surface area (Å²) in [7, 11) is 0. The second-order valence-electron chi connectivity index (χ2n) is 7.86. The quantitative estimate of drug-likeness (QED) is 0.752. The highest BCUT2D eigenvalue weighted by molar-refractivity contribution is 6.09. The number of morpholine rings is 1. The van der Waals surface area contributed by atoms with Crippen molar-refractivity contribution in [2.24, 2.45) is 0 Å². The smallest absolute Gasteiger partial charge is 0.325 e. The van der Waals surface area contributed by atoms with Crippen LogP contribution in [0.3, 0.4) is 0 Å². The Morgan fingerprint density at radius 3 is 2.48 bits per heavy atom. The SMILES string of the molecule is C[C@@H]1CN(C(=O)CN2C(=O)N[C@](C)(c3ccc4c(c3)OCCO4)C2=O)C[C@H](C)O1. The van der Waals surface area contributed by atoms with Crippen LogP contribution in [0.25, 0.3) is 0 Å². The molecule has 0 bridgehead atoms. The van der Waals surface area contributed by atoms with E-state index in [4.69, 9.17) is 14.2 Å². The molecule has 2 saturated heterocycles. The van der Waals surface area contributed by atoms with E-state index < -0.39 is 17.5 Å². The number of nitrogens with one attached hydrogen (secondary N) is 1. The molecule has 1 aromatic rings. The number of fused-ring (bicyclic) bond motifs is 1. The first-order valence-corrected chi connectivity index (χ1v) is 9.75. The molecule has 3 atom stereocenters. The third-order valence-electron chi connectivity index (χ3n) is 5.46. The Kier molecular flexibility index (Phi) is 4.85. The molecule has 9 nitrogen and oxygen atoms in total. The lowest BCUT2D eigenvalue weighted by Gasteiger charge is -2.35. The van der Waals surface area contributed by atoms with Crippen LogP contribution in [0.2, 0.25) is 0 Å². The molecule has 3 aliphatic rings. The summed E-state index contributed by atoms with van der Waals surface area (Å²) in [5, 5.41) is 2.72. The molecule has 0 saturated carbocycles. The monoisotopic (exact) mass is 403 g/mol. The molecule has 1 N–H and O–H groups in total. The van der Waals surface area contributed by atoms with Crippen molar-refractivity contribution in [3.8, 4) is 11.5 Å². The fraction of sp³-hybridized carbons (Fsp3) is 0.550. The number of ether oxygens (including phenoxy) is 3. The number of amides is 4. The summed E-state index contributed by atoms with van der Waals surface area (Å²) >= 11 is 0. The molecule has 3 heterocycles. The van der Waals surface area contributed by atoms with Gasteiger partial charge in [0, 0.05) is 13.1 Å². The minimum atomic E-state index is -1.28. The molecular formula is C20H25N3O6. The highest BCUT2D eigenvalue weighted by Crippen LogP contribution is 2.36. The lowest BCUT2D eigenvalue weighted by atomic mass is 9.91. The molecule has 4 rings (SSSR count). The van der Waals surface area contributed by atoms with Gasteiger partial charge in [0.15, 0.2) is 11.5 Å². The Hall–Kier alpha value is -2.81. The van der Waals surface area contributed by atoms with Gasteiger partial charge in [0.05, 0.1) is 12.2 Å². The van der Waals surface area contributed by atoms with Gasteiger partial charge < -0.3 is 24.4 Å². The summed E-state index contributed by atoms with van der Waals surface area (Å²) in [5.41, 5.74) is -0.706. The second kappa shape index (κ2) is 7.22. The molecule has 0 aromatic heterocycles. The molecule has 0 aliphatic carbocycles. The van der Waals surface area contributed by atoms with E-state index in [-0.39, 0.29) is 24.7 Å². The number of carbonyl (C=O) groups excluding carboxylic acids is 3. The molecule has 0 spiro atoms. The van der Waals surface area contributed by atoms with Crippen LogP contribution in [0.4, 0.5) is 4.79 Å². The number of hydrogen-bond acceptors (Lipinski definition) is 6. The van der Waals surface area contributed by atoms with E-state index in [0.717, 1.165) is 4.90 Å². The molecule has 4 amide bonds. The maximum absolute atomic E-state index is 13.1. The van der Waals surface area contributed by atoms with E-state index >= 15 is 0 Å². The number of rotatable bonds is 3. The molecular weight excluding hydrogens is 378 g/mol. The summed E-state index contributed by atoms with van der Waals surface area (Å²) in [6, 6.07) is 4.56. The van der Waals surface area contributed by atoms with Crippen molar-refractivity contribution in [1.29, 1.82) is 0 Å². The van der Waals surface area contributed by atoms with Crippen molar-refractivity contribution in [2.45, 2.75) is 38.5 Å². The molecule has 0 radical (unpaired) electrons. The van der Waals surface area contributed by atoms with Crippen molar-refractivity contribution < 1.29 is 28.6 Å². The zero-order valence-electron chi connectivity index (χ0n) is 16.8. The van der Waals surface area contributed by atoms with Gasteiger partial charge >= 0.3 is 6.03 Å². The van der Waals surface area contributed by atoms with E-state index in [9.17, 15) is 14.4 Å². The summed E-state index contributed by atoms with van der Waals surface area (Å²) in [6.07, 6.45) is -0.178. The van der Waals surface area contributed by atoms with Gasteiger partial charge in [-0.05, 0) is 38.5 Å². The maximum Gasteiger partial charge on any atom is 0.325 e. The molecule has 3 aliphatic heterocycles. The zero-order chi connectivity index (χ0) is 20.8. The Morgan fingerprint density at radius 2 is 1.79 bits per heavy atom. The highest BCUT2D eigenvalue weighted by Gasteiger charge is 2.50. The number of nitrogens with zero attached hydrogens (tertiary/aromatic N) is 2. The number of carbonyl (C=O) groups is 3. The Balaban J connectivity index is 1.52. The number of urea groups is 1. The van der Waals surface area contributed by atoms with E-state index in [1.165, 1.54) is 0 Å². The normalized spacial score (nSPS) is 29.1. The van der Waals surface area contributed by atoms with Crippen LogP contribution in [0, 0.1) is 0 Å². The predicted molar refractivity (Wildman–Crippen MR) is 102 cm³/mol. The van der Waals surface area contributed by atoms with Crippen LogP contribution < -0.4 is 14.8 Å². The lowest BCUT2D eigenvalue weighted by Crippen LogP contribution is -2.52. The summed E-state index contributed by atoms with van der Waals surface area (Å²) < 4.78 is 16.7. The van der Waals surface area contributed by atoms with E-state index in [1.54, 1.807) is 30.0 Å². The topological polar surface area (TPSA) is 97.4 Å². The molecule has 9 heteroatoms. The summed E-state index contributed by atoms with van der Waals surface area (Å²) in [5.74, 6) is 0.384. The fourth-order valence-corrected chi connectivity index (χ4v) is 4.01. The van der Waals surface area contributed by atoms with E-state index in [2.05, 4.69) is 5.32 Å². The first-order valence-electron chi connectivity index (χ1n) is 9.75. The van der Waals surface area contributed by atoms with Crippen molar-refractivity contribution in [1.82, 2.24) is 15.1 Å². The molecule has 0 unspecified atom stereocenters. The average molecular weight is 403 g/mol. The van der Waals surface area contributed by atoms with Crippen LogP contribution in [0.5, 0.6) is 11.5 Å². The van der Waals surface area contributed by atoms with Gasteiger partial charge in [-0.25, -0.2) is 4.79 Å². The minimum absolute atomic E-state index is 0.0891. The van der Waals surface area contributed by atoms with Gasteiger partial charge in [-0.2, -0.15) is 0 Å². The Labute approximate surface area is 168 Å². The minimum Gasteiger partial charge on any atom is -0.486 e. The van der Waals surface area contributed by atoms with Gasteiger partial charge in [0.25, 0.3) is 5.91 Å². The highest BCUT2D eigenvalue weighted by atomic mass is 16.6. The molecule has 2 fully saturated rings. The summed E-state index contributed by atoms with van der Waals surface area (Å²) in [4.78, 5) is 41.0. The van der Waals surface area contributed by atoms with Crippen molar-refractivity contribution in [2.75, 3.05) is 32.8 Å². The van der Waals surface area contributed by atoms with Gasteiger partial charge in [-0.15, -0.1) is 0 Å². The second-order valence-corrected chi connectivity index (χ2v) is 7.86. The van der Waals surface area contributed by atoms with Crippen LogP contribution in [0.1, 0.15) is 26.3 Å². The molecule has 1 aromatic carbocycles. The zero-order valence-corrected chi connectivity index (χ0v) is 16.8. The van der Waals surface area contributed by atoms with Gasteiger partial charge in [-0.1, -0.05) is 6.07 Å². The van der Waals surface area contributed by atoms with Crippen LogP contribution in [-0.2, 0) is 19.9 Å². The summed E-state index contributed by atoms with van der Waals surface area (Å²) in [6.45, 7) is 6.87. The third kappa shape index (κ3) is 3.50. The van der Waals surface area contributed by atoms with Crippen molar-refractivity contribution in [3.05, 3.63) is 23.8 Å². The molecule has 156 valence electrons. The number of benzene rings is 1. The number of hydrogen-bond donors (Lipinski definition) is 1. The van der Waals surface area contributed by atoms with Gasteiger partial charge in [0.2, 0.25) is 5.91 Å². The Bertz CT molecular complexity index is 849. The maximum atomic E-state index is 13.1. The number of imide groups is 1. The van der Waals surface area contributed by atoms with Crippen LogP contribution in [-0.4, -0.2) is 72.7 Å². The van der Waals surface area contributed by atoms with Crippen LogP contribution >= 0.6 is 0 Å². The van der Waals surface area contributed by atoms with Crippen molar-refractivity contribution >= 4 is 17.8 Å². The average Bonchev–Trinajstić information content (AvgIpc) is 2.91. The standard InChI is InChI=1S/C20H25N3O6/c1-12-9-22(10-13(2)29-12)17(24)11-23-18(25)20(3,21-19(23)26)14-4-5-15-16(8-14)28-7-6-27-15/h4-5,8,12-13H,6-7,9-11H2,1-3H3,(H,21,26)/t12-,13+,20-/m1/s1. The van der Waals surface area contributed by atoms with Gasteiger partial charge in [-0.3, -0.25) is 14.5 Å². The fourth-order valence-electron chi connectivity index (χ4n) is 4.01. The first kappa shape index (κ1) is 19.5. The van der Waals surface area contributed by atoms with Gasteiger partial charge in [0.1, 0.15) is 25.3 Å². The van der Waals surface area contributed by atoms with E-state index in [0.29, 0.717) is 43.4 Å². The molecule has 29 heavy (non-hydrogen) atoms. The van der Waals surface area contributed by atoms with Crippen molar-refractivity contribution in [3.63, 3.8) is 0 Å². The lowest BCUT2D eigenvalue weighted by molar-refractivity contribution is -0.146. The third-order valence-corrected chi connectivity index (χ3v) is 5.46. The van der Waals surface area contributed by atoms with Crippen LogP contribution in [0.15, 0.2) is 18.2 Å². The predicted octanol–water partition coefficient (Wildman–Crippen LogP) is 0.861. The Morgan fingerprint density at radius 1 is 1.14 bits per heavy atom. The largest absolute Gasteiger partial charge is 0.486 e. The first-order chi connectivity index (χ1) is 13.8. The van der Waals surface area contributed by atoms with E-state index in [1.807, 2.05) is 13.8 Å².